The molecule has 0 saturated carbocycles. The van der Waals surface area contributed by atoms with Crippen LogP contribution in [0.15, 0.2) is 6.07 Å². The second kappa shape index (κ2) is 6.05. The van der Waals surface area contributed by atoms with E-state index in [4.69, 9.17) is 0 Å². The first kappa shape index (κ1) is 15.8. The van der Waals surface area contributed by atoms with Crippen LogP contribution in [0, 0.1) is 0 Å². The predicted molar refractivity (Wildman–Crippen MR) is 75.5 cm³/mol. The summed E-state index contributed by atoms with van der Waals surface area (Å²) in [4.78, 5) is 11.2. The van der Waals surface area contributed by atoms with Gasteiger partial charge < -0.3 is 15.1 Å². The Morgan fingerprint density at radius 2 is 2.05 bits per heavy atom. The van der Waals surface area contributed by atoms with E-state index in [0.717, 1.165) is 12.8 Å². The molecule has 5 nitrogen and oxygen atoms in total. The first-order valence-corrected chi connectivity index (χ1v) is 6.86. The van der Waals surface area contributed by atoms with Crippen LogP contribution in [0.3, 0.4) is 0 Å². The Kier molecular flexibility index (Phi) is 4.55. The number of alkyl halides is 3. The minimum absolute atomic E-state index is 0.180. The van der Waals surface area contributed by atoms with E-state index < -0.39 is 12.0 Å². The second-order valence-corrected chi connectivity index (χ2v) is 5.39. The Morgan fingerprint density at radius 3 is 2.62 bits per heavy atom. The van der Waals surface area contributed by atoms with E-state index in [1.165, 1.54) is 0 Å². The molecule has 1 fully saturated rings. The number of likely N-dealkylation sites (N-methyl/N-ethyl adjacent to an activating group) is 1. The summed E-state index contributed by atoms with van der Waals surface area (Å²) in [5, 5.41) is 2.66. The van der Waals surface area contributed by atoms with Crippen molar-refractivity contribution in [3.63, 3.8) is 0 Å². The van der Waals surface area contributed by atoms with Gasteiger partial charge in [0.15, 0.2) is 0 Å². The van der Waals surface area contributed by atoms with Gasteiger partial charge in [0.2, 0.25) is 5.82 Å². The van der Waals surface area contributed by atoms with Gasteiger partial charge in [0.25, 0.3) is 0 Å². The summed E-state index contributed by atoms with van der Waals surface area (Å²) in [5.41, 5.74) is 0. The maximum atomic E-state index is 12.9. The summed E-state index contributed by atoms with van der Waals surface area (Å²) >= 11 is 0. The molecule has 0 radical (unpaired) electrons. The quantitative estimate of drug-likeness (QED) is 0.926. The molecular weight excluding hydrogens is 283 g/mol. The molecule has 0 aliphatic carbocycles. The van der Waals surface area contributed by atoms with Crippen molar-refractivity contribution in [2.75, 3.05) is 44.4 Å². The third kappa shape index (κ3) is 3.75. The van der Waals surface area contributed by atoms with Crippen LogP contribution in [0.1, 0.15) is 18.7 Å². The molecular formula is C13H20F3N5. The van der Waals surface area contributed by atoms with Crippen LogP contribution < -0.4 is 10.2 Å². The molecule has 2 rings (SSSR count). The Bertz CT molecular complexity index is 489. The molecule has 1 N–H and O–H groups in total. The standard InChI is InChI=1S/C13H20F3N5/c1-17-10-7-11(19-12(18-10)13(14,15)16)21-6-4-5-9(8-21)20(2)3/h7,9H,4-6,8H2,1-3H3,(H,17,18,19). The molecule has 1 aromatic heterocycles. The van der Waals surface area contributed by atoms with Gasteiger partial charge in [0.1, 0.15) is 11.6 Å². The number of nitrogens with one attached hydrogen (secondary N) is 1. The predicted octanol–water partition coefficient (Wildman–Crippen LogP) is 2.07. The maximum absolute atomic E-state index is 12.9. The minimum Gasteiger partial charge on any atom is -0.373 e. The maximum Gasteiger partial charge on any atom is 0.451 e. The minimum atomic E-state index is -4.54. The van der Waals surface area contributed by atoms with E-state index in [-0.39, 0.29) is 5.82 Å². The van der Waals surface area contributed by atoms with Crippen molar-refractivity contribution >= 4 is 11.6 Å². The van der Waals surface area contributed by atoms with Gasteiger partial charge >= 0.3 is 6.18 Å². The third-order valence-corrected chi connectivity index (χ3v) is 3.67. The van der Waals surface area contributed by atoms with E-state index in [9.17, 15) is 13.2 Å². The Morgan fingerprint density at radius 1 is 1.33 bits per heavy atom. The fourth-order valence-electron chi connectivity index (χ4n) is 2.44. The van der Waals surface area contributed by atoms with Crippen molar-refractivity contribution in [2.45, 2.75) is 25.1 Å². The highest BCUT2D eigenvalue weighted by Crippen LogP contribution is 2.30. The first-order valence-electron chi connectivity index (χ1n) is 6.86. The smallest absolute Gasteiger partial charge is 0.373 e. The Hall–Kier alpha value is -1.57. The molecule has 8 heteroatoms. The molecule has 0 bridgehead atoms. The summed E-state index contributed by atoms with van der Waals surface area (Å²) in [6.07, 6.45) is -2.57. The van der Waals surface area contributed by atoms with Crippen LogP contribution in [0.25, 0.3) is 0 Å². The van der Waals surface area contributed by atoms with Crippen molar-refractivity contribution in [1.82, 2.24) is 14.9 Å². The number of hydrogen-bond donors (Lipinski definition) is 1. The molecule has 0 amide bonds. The van der Waals surface area contributed by atoms with Crippen LogP contribution in [-0.4, -0.2) is 55.1 Å². The van der Waals surface area contributed by atoms with E-state index in [2.05, 4.69) is 20.2 Å². The molecule has 1 aromatic rings. The molecule has 1 unspecified atom stereocenters. The van der Waals surface area contributed by atoms with Gasteiger partial charge in [-0.3, -0.25) is 0 Å². The van der Waals surface area contributed by atoms with Gasteiger partial charge in [-0.05, 0) is 26.9 Å². The fourth-order valence-corrected chi connectivity index (χ4v) is 2.44. The highest BCUT2D eigenvalue weighted by molar-refractivity contribution is 5.49. The van der Waals surface area contributed by atoms with Gasteiger partial charge in [0, 0.05) is 32.2 Å². The largest absolute Gasteiger partial charge is 0.451 e. The van der Waals surface area contributed by atoms with Crippen LogP contribution in [0.2, 0.25) is 0 Å². The van der Waals surface area contributed by atoms with E-state index in [1.807, 2.05) is 19.0 Å². The van der Waals surface area contributed by atoms with Crippen molar-refractivity contribution in [3.05, 3.63) is 11.9 Å². The highest BCUT2D eigenvalue weighted by atomic mass is 19.4. The van der Waals surface area contributed by atoms with Crippen molar-refractivity contribution in [2.24, 2.45) is 0 Å². The zero-order valence-corrected chi connectivity index (χ0v) is 12.4. The monoisotopic (exact) mass is 303 g/mol. The summed E-state index contributed by atoms with van der Waals surface area (Å²) < 4.78 is 38.6. The van der Waals surface area contributed by atoms with Gasteiger partial charge in [-0.1, -0.05) is 0 Å². The van der Waals surface area contributed by atoms with Crippen LogP contribution in [-0.2, 0) is 6.18 Å². The summed E-state index contributed by atoms with van der Waals surface area (Å²) in [7, 11) is 5.51. The molecule has 1 aliphatic rings. The van der Waals surface area contributed by atoms with Crippen molar-refractivity contribution < 1.29 is 13.2 Å². The lowest BCUT2D eigenvalue weighted by Crippen LogP contribution is -2.45. The molecule has 0 aromatic carbocycles. The van der Waals surface area contributed by atoms with Crippen LogP contribution in [0.4, 0.5) is 24.8 Å². The average molecular weight is 303 g/mol. The molecule has 118 valence electrons. The summed E-state index contributed by atoms with van der Waals surface area (Å²) in [5.74, 6) is -0.594. The average Bonchev–Trinajstić information content (AvgIpc) is 2.46. The molecule has 1 saturated heterocycles. The summed E-state index contributed by atoms with van der Waals surface area (Å²) in [6.45, 7) is 1.38. The number of aromatic nitrogens is 2. The third-order valence-electron chi connectivity index (χ3n) is 3.67. The fraction of sp³-hybridized carbons (Fsp3) is 0.692. The van der Waals surface area contributed by atoms with Gasteiger partial charge in [-0.15, -0.1) is 0 Å². The molecule has 1 atom stereocenters. The first-order chi connectivity index (χ1) is 9.81. The number of anilines is 2. The van der Waals surface area contributed by atoms with Crippen LogP contribution >= 0.6 is 0 Å². The van der Waals surface area contributed by atoms with E-state index >= 15 is 0 Å². The van der Waals surface area contributed by atoms with Gasteiger partial charge in [-0.2, -0.15) is 13.2 Å². The lowest BCUT2D eigenvalue weighted by molar-refractivity contribution is -0.144. The number of rotatable bonds is 3. The highest BCUT2D eigenvalue weighted by Gasteiger charge is 2.36. The lowest BCUT2D eigenvalue weighted by atomic mass is 10.1. The normalized spacial score (nSPS) is 20.0. The molecule has 0 spiro atoms. The molecule has 1 aliphatic heterocycles. The van der Waals surface area contributed by atoms with Crippen molar-refractivity contribution in [3.8, 4) is 0 Å². The second-order valence-electron chi connectivity index (χ2n) is 5.39. The zero-order chi connectivity index (χ0) is 15.6. The van der Waals surface area contributed by atoms with Crippen LogP contribution in [0.5, 0.6) is 0 Å². The number of halogens is 3. The number of nitrogens with zero attached hydrogens (tertiary/aromatic N) is 4. The number of hydrogen-bond acceptors (Lipinski definition) is 5. The number of piperidine rings is 1. The van der Waals surface area contributed by atoms with Gasteiger partial charge in [0.05, 0.1) is 0 Å². The van der Waals surface area contributed by atoms with Crippen molar-refractivity contribution in [1.29, 1.82) is 0 Å². The molecule has 2 heterocycles. The zero-order valence-electron chi connectivity index (χ0n) is 12.4. The van der Waals surface area contributed by atoms with E-state index in [0.29, 0.717) is 24.9 Å². The lowest BCUT2D eigenvalue weighted by Gasteiger charge is -2.37. The Labute approximate surface area is 122 Å². The summed E-state index contributed by atoms with van der Waals surface area (Å²) in [6, 6.07) is 1.88. The van der Waals surface area contributed by atoms with E-state index in [1.54, 1.807) is 13.1 Å². The Balaban J connectivity index is 2.30. The topological polar surface area (TPSA) is 44.3 Å². The SMILES string of the molecule is CNc1cc(N2CCCC(N(C)C)C2)nc(C(F)(F)F)n1. The van der Waals surface area contributed by atoms with Gasteiger partial charge in [-0.25, -0.2) is 9.97 Å². The molecule has 21 heavy (non-hydrogen) atoms.